The fourth-order valence-electron chi connectivity index (χ4n) is 4.85. The third-order valence-corrected chi connectivity index (χ3v) is 7.04. The molecule has 0 bridgehead atoms. The molecule has 0 aliphatic carbocycles. The van der Waals surface area contributed by atoms with Crippen LogP contribution in [-0.2, 0) is 4.79 Å². The van der Waals surface area contributed by atoms with E-state index in [1.807, 2.05) is 19.2 Å². The van der Waals surface area contributed by atoms with Gasteiger partial charge in [0.05, 0.1) is 5.02 Å². The molecule has 0 spiro atoms. The van der Waals surface area contributed by atoms with E-state index >= 15 is 0 Å². The molecule has 1 fully saturated rings. The van der Waals surface area contributed by atoms with E-state index in [1.165, 1.54) is 11.1 Å². The highest BCUT2D eigenvalue weighted by Gasteiger charge is 2.33. The Morgan fingerprint density at radius 1 is 1.08 bits per heavy atom. The molecule has 5 rings (SSSR count). The third kappa shape index (κ3) is 4.95. The van der Waals surface area contributed by atoms with E-state index in [2.05, 4.69) is 35.1 Å². The van der Waals surface area contributed by atoms with Gasteiger partial charge in [-0.25, -0.2) is 4.99 Å². The molecule has 3 aliphatic rings. The molecule has 2 aromatic carbocycles. The third-order valence-electron chi connectivity index (χ3n) is 6.76. The van der Waals surface area contributed by atoms with Crippen LogP contribution in [0.5, 0.6) is 11.5 Å². The molecule has 1 saturated heterocycles. The van der Waals surface area contributed by atoms with Crippen molar-refractivity contribution in [3.8, 4) is 11.5 Å². The van der Waals surface area contributed by atoms with E-state index in [9.17, 15) is 9.59 Å². The molecular formula is C27H29ClN4O4. The summed E-state index contributed by atoms with van der Waals surface area (Å²) in [5, 5.41) is 0.352. The zero-order valence-corrected chi connectivity index (χ0v) is 21.2. The van der Waals surface area contributed by atoms with Crippen molar-refractivity contribution in [3.05, 3.63) is 58.1 Å². The number of aliphatic imine (C=N–C) groups is 2. The number of fused-ring (bicyclic) bond motifs is 1. The Morgan fingerprint density at radius 3 is 2.72 bits per heavy atom. The van der Waals surface area contributed by atoms with Gasteiger partial charge in [0, 0.05) is 49.9 Å². The van der Waals surface area contributed by atoms with Crippen LogP contribution in [0.2, 0.25) is 5.02 Å². The van der Waals surface area contributed by atoms with Crippen LogP contribution in [0, 0.1) is 6.92 Å². The number of benzene rings is 2. The van der Waals surface area contributed by atoms with Gasteiger partial charge in [-0.1, -0.05) is 41.4 Å². The maximum Gasteiger partial charge on any atom is 0.291 e. The first kappa shape index (κ1) is 24.3. The van der Waals surface area contributed by atoms with E-state index < -0.39 is 0 Å². The molecule has 3 aliphatic heterocycles. The number of rotatable bonds is 3. The maximum absolute atomic E-state index is 13.3. The van der Waals surface area contributed by atoms with Crippen molar-refractivity contribution in [2.45, 2.75) is 32.2 Å². The van der Waals surface area contributed by atoms with Crippen molar-refractivity contribution in [1.82, 2.24) is 9.80 Å². The summed E-state index contributed by atoms with van der Waals surface area (Å²) in [5.41, 5.74) is 2.82. The number of amides is 2. The summed E-state index contributed by atoms with van der Waals surface area (Å²) < 4.78 is 11.2. The molecule has 0 saturated carbocycles. The number of amidine groups is 1. The molecule has 0 aromatic heterocycles. The molecule has 2 amide bonds. The van der Waals surface area contributed by atoms with Gasteiger partial charge in [-0.15, -0.1) is 0 Å². The Bertz CT molecular complexity index is 1240. The largest absolute Gasteiger partial charge is 0.486 e. The quantitative estimate of drug-likeness (QED) is 0.632. The Kier molecular flexibility index (Phi) is 6.96. The van der Waals surface area contributed by atoms with Crippen molar-refractivity contribution in [2.75, 3.05) is 39.4 Å². The first-order valence-electron chi connectivity index (χ1n) is 12.3. The number of carbonyl (C=O) groups excluding carboxylic acids is 2. The monoisotopic (exact) mass is 508 g/mol. The summed E-state index contributed by atoms with van der Waals surface area (Å²) in [6.07, 6.45) is 2.65. The van der Waals surface area contributed by atoms with Crippen LogP contribution >= 0.6 is 11.6 Å². The number of piperazine rings is 1. The van der Waals surface area contributed by atoms with Crippen molar-refractivity contribution in [2.24, 2.45) is 9.98 Å². The van der Waals surface area contributed by atoms with Crippen molar-refractivity contribution in [1.29, 1.82) is 0 Å². The average Bonchev–Trinajstić information content (AvgIpc) is 3.14. The minimum atomic E-state index is -0.197. The number of carbonyl (C=O) groups is 2. The van der Waals surface area contributed by atoms with Crippen LogP contribution in [0.4, 0.5) is 0 Å². The van der Waals surface area contributed by atoms with Crippen LogP contribution < -0.4 is 9.47 Å². The van der Waals surface area contributed by atoms with Crippen molar-refractivity contribution in [3.63, 3.8) is 0 Å². The summed E-state index contributed by atoms with van der Waals surface area (Å²) in [7, 11) is 0. The minimum absolute atomic E-state index is 0.130. The molecular weight excluding hydrogens is 480 g/mol. The summed E-state index contributed by atoms with van der Waals surface area (Å²) in [4.78, 5) is 39.0. The van der Waals surface area contributed by atoms with Crippen molar-refractivity contribution >= 4 is 35.5 Å². The standard InChI is InChI=1S/C27H29ClN4O4/c1-17-4-3-5-19(12-17)20-6-7-29-25(30-15-20)27(34)31-8-9-32(18(2)16-31)26(33)21-13-22(28)24-23(14-21)35-10-11-36-24/h3-5,12-15,18,20H,6-11,16H2,1-2H3. The topological polar surface area (TPSA) is 83.8 Å². The van der Waals surface area contributed by atoms with Gasteiger partial charge in [0.25, 0.3) is 11.8 Å². The van der Waals surface area contributed by atoms with E-state index in [1.54, 1.807) is 21.9 Å². The fourth-order valence-corrected chi connectivity index (χ4v) is 5.11. The summed E-state index contributed by atoms with van der Waals surface area (Å²) >= 11 is 6.33. The normalized spacial score (nSPS) is 21.6. The Morgan fingerprint density at radius 2 is 1.92 bits per heavy atom. The average molecular weight is 509 g/mol. The molecule has 2 unspecified atom stereocenters. The number of nitrogens with zero attached hydrogens (tertiary/aromatic N) is 4. The lowest BCUT2D eigenvalue weighted by molar-refractivity contribution is -0.126. The molecule has 36 heavy (non-hydrogen) atoms. The Labute approximate surface area is 215 Å². The predicted octanol–water partition coefficient (Wildman–Crippen LogP) is 3.75. The van der Waals surface area contributed by atoms with Crippen LogP contribution in [-0.4, -0.2) is 79.1 Å². The van der Waals surface area contributed by atoms with Gasteiger partial charge in [-0.3, -0.25) is 14.6 Å². The SMILES string of the molecule is Cc1cccc(C2C=NC(C(=O)N3CCN(C(=O)c4cc(Cl)c5c(c4)OCCO5)C(C)C3)=NCC2)c1. The Hall–Kier alpha value is -3.39. The smallest absolute Gasteiger partial charge is 0.291 e. The van der Waals surface area contributed by atoms with Crippen molar-refractivity contribution < 1.29 is 19.1 Å². The predicted molar refractivity (Wildman–Crippen MR) is 139 cm³/mol. The molecule has 2 aromatic rings. The van der Waals surface area contributed by atoms with Gasteiger partial charge in [-0.2, -0.15) is 0 Å². The van der Waals surface area contributed by atoms with E-state index in [4.69, 9.17) is 21.1 Å². The number of aryl methyl sites for hydroxylation is 1. The second kappa shape index (κ2) is 10.3. The van der Waals surface area contributed by atoms with E-state index in [0.717, 1.165) is 6.42 Å². The molecule has 188 valence electrons. The second-order valence-corrected chi connectivity index (χ2v) is 9.78. The molecule has 2 atom stereocenters. The summed E-state index contributed by atoms with van der Waals surface area (Å²) in [6, 6.07) is 11.4. The number of hydrogen-bond donors (Lipinski definition) is 0. The summed E-state index contributed by atoms with van der Waals surface area (Å²) in [5.74, 6) is 0.960. The van der Waals surface area contributed by atoms with Gasteiger partial charge in [0.1, 0.15) is 13.2 Å². The molecule has 8 nitrogen and oxygen atoms in total. The first-order valence-corrected chi connectivity index (χ1v) is 12.6. The van der Waals surface area contributed by atoms with Crippen LogP contribution in [0.3, 0.4) is 0 Å². The number of hydrogen-bond acceptors (Lipinski definition) is 6. The van der Waals surface area contributed by atoms with Gasteiger partial charge in [0.2, 0.25) is 5.84 Å². The number of halogens is 1. The van der Waals surface area contributed by atoms with Gasteiger partial charge >= 0.3 is 0 Å². The van der Waals surface area contributed by atoms with Gasteiger partial charge < -0.3 is 19.3 Å². The lowest BCUT2D eigenvalue weighted by Crippen LogP contribution is -2.56. The minimum Gasteiger partial charge on any atom is -0.486 e. The van der Waals surface area contributed by atoms with Crippen LogP contribution in [0.25, 0.3) is 0 Å². The summed E-state index contributed by atoms with van der Waals surface area (Å²) in [6.45, 7) is 6.59. The second-order valence-electron chi connectivity index (χ2n) is 9.37. The molecule has 0 radical (unpaired) electrons. The lowest BCUT2D eigenvalue weighted by atomic mass is 9.96. The van der Waals surface area contributed by atoms with Gasteiger partial charge in [0.15, 0.2) is 11.5 Å². The van der Waals surface area contributed by atoms with E-state index in [0.29, 0.717) is 61.5 Å². The fraction of sp³-hybridized carbons (Fsp3) is 0.407. The maximum atomic E-state index is 13.3. The highest BCUT2D eigenvalue weighted by molar-refractivity contribution is 6.39. The van der Waals surface area contributed by atoms with Crippen LogP contribution in [0.15, 0.2) is 46.4 Å². The highest BCUT2D eigenvalue weighted by Crippen LogP contribution is 2.38. The van der Waals surface area contributed by atoms with E-state index in [-0.39, 0.29) is 29.6 Å². The van der Waals surface area contributed by atoms with Gasteiger partial charge in [-0.05, 0) is 38.0 Å². The zero-order valence-electron chi connectivity index (χ0n) is 20.4. The highest BCUT2D eigenvalue weighted by atomic mass is 35.5. The van der Waals surface area contributed by atoms with Crippen LogP contribution in [0.1, 0.15) is 40.7 Å². The molecule has 3 heterocycles. The number of ether oxygens (including phenoxy) is 2. The molecule has 9 heteroatoms. The lowest BCUT2D eigenvalue weighted by Gasteiger charge is -2.39. The molecule has 0 N–H and O–H groups in total. The zero-order chi connectivity index (χ0) is 25.2. The first-order chi connectivity index (χ1) is 17.4. The Balaban J connectivity index is 1.24.